The van der Waals surface area contributed by atoms with Crippen molar-refractivity contribution in [2.75, 3.05) is 5.32 Å². The third kappa shape index (κ3) is 2.95. The first-order valence-corrected chi connectivity index (χ1v) is 5.80. The summed E-state index contributed by atoms with van der Waals surface area (Å²) in [4.78, 5) is 15.8. The number of hydrogen-bond donors (Lipinski definition) is 3. The number of halogens is 1. The number of phenols is 2. The third-order valence-corrected chi connectivity index (χ3v) is 2.89. The standard InChI is InChI=1S/C13H11ClN2O3/c1-7-4-8(6-15-12(7)14)16-13(19)10-5-9(17)2-3-11(10)18/h2-6,17-18H,1H3,(H,16,19). The zero-order valence-electron chi connectivity index (χ0n) is 10.0. The van der Waals surface area contributed by atoms with Crippen molar-refractivity contribution in [2.24, 2.45) is 0 Å². The summed E-state index contributed by atoms with van der Waals surface area (Å²) >= 11 is 5.78. The predicted octanol–water partition coefficient (Wildman–Crippen LogP) is 2.71. The van der Waals surface area contributed by atoms with Gasteiger partial charge >= 0.3 is 0 Å². The number of rotatable bonds is 2. The minimum atomic E-state index is -0.545. The van der Waals surface area contributed by atoms with E-state index in [1.54, 1.807) is 13.0 Å². The molecule has 6 heteroatoms. The van der Waals surface area contributed by atoms with Crippen molar-refractivity contribution in [3.63, 3.8) is 0 Å². The number of pyridine rings is 1. The fourth-order valence-electron chi connectivity index (χ4n) is 1.53. The van der Waals surface area contributed by atoms with Gasteiger partial charge in [0, 0.05) is 0 Å². The van der Waals surface area contributed by atoms with Crippen molar-refractivity contribution in [2.45, 2.75) is 6.92 Å². The number of carbonyl (C=O) groups is 1. The molecule has 0 bridgehead atoms. The van der Waals surface area contributed by atoms with E-state index in [2.05, 4.69) is 10.3 Å². The molecule has 0 atom stereocenters. The Hall–Kier alpha value is -2.27. The summed E-state index contributed by atoms with van der Waals surface area (Å²) < 4.78 is 0. The summed E-state index contributed by atoms with van der Waals surface area (Å²) in [6, 6.07) is 5.38. The number of carbonyl (C=O) groups excluding carboxylic acids is 1. The molecule has 5 nitrogen and oxygen atoms in total. The Labute approximate surface area is 114 Å². The largest absolute Gasteiger partial charge is 0.508 e. The van der Waals surface area contributed by atoms with Crippen molar-refractivity contribution in [3.05, 3.63) is 46.7 Å². The highest BCUT2D eigenvalue weighted by Gasteiger charge is 2.12. The van der Waals surface area contributed by atoms with Crippen LogP contribution in [0.2, 0.25) is 5.15 Å². The number of amides is 1. The van der Waals surface area contributed by atoms with E-state index < -0.39 is 5.91 Å². The first kappa shape index (κ1) is 13.2. The van der Waals surface area contributed by atoms with Gasteiger partial charge in [0.15, 0.2) is 0 Å². The van der Waals surface area contributed by atoms with Gasteiger partial charge in [-0.2, -0.15) is 0 Å². The maximum atomic E-state index is 11.9. The zero-order valence-corrected chi connectivity index (χ0v) is 10.8. The van der Waals surface area contributed by atoms with Gasteiger partial charge in [-0.05, 0) is 36.8 Å². The maximum absolute atomic E-state index is 11.9. The quantitative estimate of drug-likeness (QED) is 0.583. The number of anilines is 1. The molecule has 0 saturated carbocycles. The van der Waals surface area contributed by atoms with Crippen LogP contribution in [0.4, 0.5) is 5.69 Å². The molecule has 0 aliphatic carbocycles. The topological polar surface area (TPSA) is 82.5 Å². The highest BCUT2D eigenvalue weighted by molar-refractivity contribution is 6.30. The lowest BCUT2D eigenvalue weighted by atomic mass is 10.1. The lowest BCUT2D eigenvalue weighted by molar-refractivity contribution is 0.102. The van der Waals surface area contributed by atoms with Crippen LogP contribution in [0.1, 0.15) is 15.9 Å². The Morgan fingerprint density at radius 1 is 1.32 bits per heavy atom. The number of phenolic OH excluding ortho intramolecular Hbond substituents is 2. The van der Waals surface area contributed by atoms with Crippen LogP contribution >= 0.6 is 11.6 Å². The molecule has 2 aromatic rings. The van der Waals surface area contributed by atoms with Crippen molar-refractivity contribution in [3.8, 4) is 11.5 Å². The molecule has 0 radical (unpaired) electrons. The van der Waals surface area contributed by atoms with Crippen LogP contribution in [0.25, 0.3) is 0 Å². The van der Waals surface area contributed by atoms with Crippen molar-refractivity contribution < 1.29 is 15.0 Å². The fourth-order valence-corrected chi connectivity index (χ4v) is 1.63. The summed E-state index contributed by atoms with van der Waals surface area (Å²) in [5.74, 6) is -0.862. The Morgan fingerprint density at radius 3 is 2.74 bits per heavy atom. The predicted molar refractivity (Wildman–Crippen MR) is 71.7 cm³/mol. The van der Waals surface area contributed by atoms with Crippen LogP contribution in [0.5, 0.6) is 11.5 Å². The molecule has 1 heterocycles. The molecular weight excluding hydrogens is 268 g/mol. The summed E-state index contributed by atoms with van der Waals surface area (Å²) in [5, 5.41) is 21.8. The molecular formula is C13H11ClN2O3. The molecule has 0 aliphatic rings. The van der Waals surface area contributed by atoms with Gasteiger partial charge in [-0.3, -0.25) is 4.79 Å². The van der Waals surface area contributed by atoms with Crippen LogP contribution in [0.15, 0.2) is 30.5 Å². The fraction of sp³-hybridized carbons (Fsp3) is 0.0769. The minimum Gasteiger partial charge on any atom is -0.508 e. The summed E-state index contributed by atoms with van der Waals surface area (Å²) in [6.07, 6.45) is 1.41. The molecule has 1 amide bonds. The van der Waals surface area contributed by atoms with Crippen LogP contribution in [-0.4, -0.2) is 21.1 Å². The molecule has 0 fully saturated rings. The van der Waals surface area contributed by atoms with E-state index in [0.29, 0.717) is 10.8 Å². The second-order valence-electron chi connectivity index (χ2n) is 3.99. The van der Waals surface area contributed by atoms with Gasteiger partial charge in [0.1, 0.15) is 16.7 Å². The number of nitrogens with one attached hydrogen (secondary N) is 1. The summed E-state index contributed by atoms with van der Waals surface area (Å²) in [7, 11) is 0. The van der Waals surface area contributed by atoms with Gasteiger partial charge in [0.2, 0.25) is 0 Å². The first-order valence-electron chi connectivity index (χ1n) is 5.43. The van der Waals surface area contributed by atoms with Gasteiger partial charge < -0.3 is 15.5 Å². The van der Waals surface area contributed by atoms with Gasteiger partial charge in [-0.15, -0.1) is 0 Å². The maximum Gasteiger partial charge on any atom is 0.259 e. The molecule has 1 aromatic carbocycles. The lowest BCUT2D eigenvalue weighted by Gasteiger charge is -2.08. The van der Waals surface area contributed by atoms with E-state index in [4.69, 9.17) is 11.6 Å². The summed E-state index contributed by atoms with van der Waals surface area (Å²) in [5.41, 5.74) is 1.15. The number of aryl methyl sites for hydroxylation is 1. The molecule has 98 valence electrons. The van der Waals surface area contributed by atoms with E-state index >= 15 is 0 Å². The van der Waals surface area contributed by atoms with Crippen molar-refractivity contribution in [1.29, 1.82) is 0 Å². The van der Waals surface area contributed by atoms with Crippen LogP contribution in [0.3, 0.4) is 0 Å². The monoisotopic (exact) mass is 278 g/mol. The van der Waals surface area contributed by atoms with E-state index in [1.807, 2.05) is 0 Å². The second-order valence-corrected chi connectivity index (χ2v) is 4.35. The molecule has 2 rings (SSSR count). The van der Waals surface area contributed by atoms with Gasteiger partial charge in [0.25, 0.3) is 5.91 Å². The first-order chi connectivity index (χ1) is 8.97. The Kier molecular flexibility index (Phi) is 3.57. The molecule has 3 N–H and O–H groups in total. The smallest absolute Gasteiger partial charge is 0.259 e. The lowest BCUT2D eigenvalue weighted by Crippen LogP contribution is -2.12. The van der Waals surface area contributed by atoms with Gasteiger partial charge in [-0.1, -0.05) is 11.6 Å². The highest BCUT2D eigenvalue weighted by Crippen LogP contribution is 2.23. The van der Waals surface area contributed by atoms with E-state index in [0.717, 1.165) is 5.56 Å². The van der Waals surface area contributed by atoms with Crippen LogP contribution in [-0.2, 0) is 0 Å². The van der Waals surface area contributed by atoms with Gasteiger partial charge in [0.05, 0.1) is 17.4 Å². The SMILES string of the molecule is Cc1cc(NC(=O)c2cc(O)ccc2O)cnc1Cl. The average molecular weight is 279 g/mol. The Morgan fingerprint density at radius 2 is 2.05 bits per heavy atom. The minimum absolute atomic E-state index is 0.0207. The molecule has 0 spiro atoms. The number of aromatic hydroxyl groups is 2. The normalized spacial score (nSPS) is 10.2. The molecule has 1 aromatic heterocycles. The number of aromatic nitrogens is 1. The molecule has 0 saturated heterocycles. The number of hydrogen-bond acceptors (Lipinski definition) is 4. The number of benzene rings is 1. The molecule has 0 unspecified atom stereocenters. The van der Waals surface area contributed by atoms with Crippen LogP contribution in [0, 0.1) is 6.92 Å². The average Bonchev–Trinajstić information content (AvgIpc) is 2.36. The Bertz CT molecular complexity index is 644. The zero-order chi connectivity index (χ0) is 14.0. The van der Waals surface area contributed by atoms with Crippen molar-refractivity contribution >= 4 is 23.2 Å². The van der Waals surface area contributed by atoms with E-state index in [9.17, 15) is 15.0 Å². The highest BCUT2D eigenvalue weighted by atomic mass is 35.5. The van der Waals surface area contributed by atoms with Crippen LogP contribution < -0.4 is 5.32 Å². The van der Waals surface area contributed by atoms with E-state index in [-0.39, 0.29) is 17.1 Å². The third-order valence-electron chi connectivity index (χ3n) is 2.50. The van der Waals surface area contributed by atoms with E-state index in [1.165, 1.54) is 24.4 Å². The number of nitrogens with zero attached hydrogens (tertiary/aromatic N) is 1. The second kappa shape index (κ2) is 5.16. The Balaban J connectivity index is 2.25. The van der Waals surface area contributed by atoms with Gasteiger partial charge in [-0.25, -0.2) is 4.98 Å². The summed E-state index contributed by atoms with van der Waals surface area (Å²) in [6.45, 7) is 1.76. The molecule has 19 heavy (non-hydrogen) atoms. The van der Waals surface area contributed by atoms with Crippen molar-refractivity contribution in [1.82, 2.24) is 4.98 Å². The molecule has 0 aliphatic heterocycles.